The van der Waals surface area contributed by atoms with E-state index in [1.54, 1.807) is 30.3 Å². The number of esters is 1. The second kappa shape index (κ2) is 11.5. The van der Waals surface area contributed by atoms with Crippen LogP contribution in [0.2, 0.25) is 5.02 Å². The summed E-state index contributed by atoms with van der Waals surface area (Å²) in [5.74, 6) is 0.784. The molecule has 0 unspecified atom stereocenters. The van der Waals surface area contributed by atoms with Crippen LogP contribution in [0, 0.1) is 6.92 Å². The third-order valence-electron chi connectivity index (χ3n) is 5.24. The zero-order valence-electron chi connectivity index (χ0n) is 20.1. The third kappa shape index (κ3) is 5.96. The lowest BCUT2D eigenvalue weighted by Crippen LogP contribution is -2.16. The average Bonchev–Trinajstić information content (AvgIpc) is 2.88. The Morgan fingerprint density at radius 2 is 1.54 bits per heavy atom. The minimum Gasteiger partial charge on any atom is -0.496 e. The normalized spacial score (nSPS) is 10.3. The Bertz CT molecular complexity index is 1240. The van der Waals surface area contributed by atoms with E-state index in [-0.39, 0.29) is 17.9 Å². The average molecular weight is 500 g/mol. The molecule has 3 aromatic carbocycles. The number of benzene rings is 3. The van der Waals surface area contributed by atoms with Crippen molar-refractivity contribution in [3.63, 3.8) is 0 Å². The SMILES string of the molecule is COC(=O)c1cc(OC)c(OC)cc1NC(=O)c1ccc(OC)c(COc2ccc(Cl)c(C)c2)c1. The number of carbonyl (C=O) groups is 2. The molecule has 1 amide bonds. The van der Waals surface area contributed by atoms with E-state index in [1.807, 2.05) is 13.0 Å². The van der Waals surface area contributed by atoms with E-state index in [2.05, 4.69) is 5.32 Å². The summed E-state index contributed by atoms with van der Waals surface area (Å²) < 4.78 is 26.7. The van der Waals surface area contributed by atoms with Crippen molar-refractivity contribution in [2.24, 2.45) is 0 Å². The van der Waals surface area contributed by atoms with Crippen LogP contribution in [0.3, 0.4) is 0 Å². The van der Waals surface area contributed by atoms with Crippen molar-refractivity contribution in [2.75, 3.05) is 33.8 Å². The number of methoxy groups -OCH3 is 4. The van der Waals surface area contributed by atoms with Crippen LogP contribution in [0.15, 0.2) is 48.5 Å². The highest BCUT2D eigenvalue weighted by Gasteiger charge is 2.20. The number of ether oxygens (including phenoxy) is 5. The van der Waals surface area contributed by atoms with Gasteiger partial charge in [0, 0.05) is 28.3 Å². The fourth-order valence-electron chi connectivity index (χ4n) is 3.36. The van der Waals surface area contributed by atoms with Crippen molar-refractivity contribution in [1.29, 1.82) is 0 Å². The van der Waals surface area contributed by atoms with Crippen LogP contribution in [-0.4, -0.2) is 40.3 Å². The van der Waals surface area contributed by atoms with Crippen molar-refractivity contribution in [2.45, 2.75) is 13.5 Å². The van der Waals surface area contributed by atoms with Gasteiger partial charge < -0.3 is 29.0 Å². The van der Waals surface area contributed by atoms with Gasteiger partial charge in [0.05, 0.1) is 39.7 Å². The first-order valence-corrected chi connectivity index (χ1v) is 10.9. The molecule has 184 valence electrons. The van der Waals surface area contributed by atoms with Crippen LogP contribution >= 0.6 is 11.6 Å². The minimum absolute atomic E-state index is 0.119. The van der Waals surface area contributed by atoms with E-state index in [9.17, 15) is 9.59 Å². The van der Waals surface area contributed by atoms with Gasteiger partial charge in [0.15, 0.2) is 11.5 Å². The summed E-state index contributed by atoms with van der Waals surface area (Å²) in [6, 6.07) is 13.3. The molecular weight excluding hydrogens is 474 g/mol. The van der Waals surface area contributed by atoms with E-state index in [4.69, 9.17) is 35.3 Å². The summed E-state index contributed by atoms with van der Waals surface area (Å²) in [5.41, 5.74) is 2.22. The molecule has 0 fully saturated rings. The highest BCUT2D eigenvalue weighted by Crippen LogP contribution is 2.34. The number of aryl methyl sites for hydroxylation is 1. The Hall–Kier alpha value is -3.91. The molecular formula is C26H26ClNO7. The Morgan fingerprint density at radius 1 is 0.857 bits per heavy atom. The van der Waals surface area contributed by atoms with E-state index in [0.29, 0.717) is 39.1 Å². The molecule has 3 rings (SSSR count). The summed E-state index contributed by atoms with van der Waals surface area (Å²) in [6.45, 7) is 2.05. The Kier molecular flexibility index (Phi) is 8.43. The second-order valence-corrected chi connectivity index (χ2v) is 7.83. The monoisotopic (exact) mass is 499 g/mol. The molecule has 0 saturated carbocycles. The van der Waals surface area contributed by atoms with Gasteiger partial charge in [0.2, 0.25) is 0 Å². The first-order valence-electron chi connectivity index (χ1n) is 10.5. The molecule has 0 aliphatic heterocycles. The van der Waals surface area contributed by atoms with Crippen LogP contribution in [0.4, 0.5) is 5.69 Å². The summed E-state index contributed by atoms with van der Waals surface area (Å²) in [7, 11) is 5.70. The molecule has 1 N–H and O–H groups in total. The van der Waals surface area contributed by atoms with Gasteiger partial charge in [-0.1, -0.05) is 11.6 Å². The van der Waals surface area contributed by atoms with Crippen LogP contribution in [0.25, 0.3) is 0 Å². The van der Waals surface area contributed by atoms with Gasteiger partial charge in [0.25, 0.3) is 5.91 Å². The number of anilines is 1. The van der Waals surface area contributed by atoms with Crippen molar-refractivity contribution >= 4 is 29.2 Å². The van der Waals surface area contributed by atoms with Crippen LogP contribution in [0.1, 0.15) is 31.8 Å². The molecule has 0 spiro atoms. The highest BCUT2D eigenvalue weighted by molar-refractivity contribution is 6.31. The smallest absolute Gasteiger partial charge is 0.340 e. The lowest BCUT2D eigenvalue weighted by Gasteiger charge is -2.16. The molecule has 0 bridgehead atoms. The number of nitrogens with one attached hydrogen (secondary N) is 1. The van der Waals surface area contributed by atoms with E-state index in [0.717, 1.165) is 5.56 Å². The minimum atomic E-state index is -0.636. The Balaban J connectivity index is 1.88. The largest absolute Gasteiger partial charge is 0.496 e. The summed E-state index contributed by atoms with van der Waals surface area (Å²) in [5, 5.41) is 3.40. The molecule has 0 radical (unpaired) electrons. The predicted octanol–water partition coefficient (Wildman–Crippen LogP) is 5.29. The third-order valence-corrected chi connectivity index (χ3v) is 5.67. The van der Waals surface area contributed by atoms with E-state index < -0.39 is 11.9 Å². The summed E-state index contributed by atoms with van der Waals surface area (Å²) in [4.78, 5) is 25.4. The second-order valence-electron chi connectivity index (χ2n) is 7.42. The first-order chi connectivity index (χ1) is 16.8. The van der Waals surface area contributed by atoms with Crippen molar-refractivity contribution in [1.82, 2.24) is 0 Å². The van der Waals surface area contributed by atoms with Gasteiger partial charge in [-0.3, -0.25) is 4.79 Å². The van der Waals surface area contributed by atoms with Crippen LogP contribution in [0.5, 0.6) is 23.0 Å². The molecule has 0 heterocycles. The predicted molar refractivity (Wildman–Crippen MR) is 132 cm³/mol. The fraction of sp³-hybridized carbons (Fsp3) is 0.231. The van der Waals surface area contributed by atoms with Gasteiger partial charge in [-0.05, 0) is 48.9 Å². The zero-order chi connectivity index (χ0) is 25.5. The van der Waals surface area contributed by atoms with Crippen LogP contribution in [-0.2, 0) is 11.3 Å². The molecule has 0 atom stereocenters. The van der Waals surface area contributed by atoms with Crippen molar-refractivity contribution in [3.8, 4) is 23.0 Å². The maximum absolute atomic E-state index is 13.1. The molecule has 0 aliphatic carbocycles. The molecule has 8 nitrogen and oxygen atoms in total. The number of carbonyl (C=O) groups excluding carboxylic acids is 2. The molecule has 3 aromatic rings. The molecule has 0 aliphatic rings. The topological polar surface area (TPSA) is 92.3 Å². The van der Waals surface area contributed by atoms with Crippen molar-refractivity contribution < 1.29 is 33.3 Å². The van der Waals surface area contributed by atoms with Gasteiger partial charge in [0.1, 0.15) is 18.1 Å². The molecule has 9 heteroatoms. The Morgan fingerprint density at radius 3 is 2.17 bits per heavy atom. The standard InChI is InChI=1S/C26H26ClNO7/c1-15-10-18(7-8-20(15)27)35-14-17-11-16(6-9-22(17)31-2)25(29)28-21-13-24(33-4)23(32-3)12-19(21)26(30)34-5/h6-13H,14H2,1-5H3,(H,28,29). The lowest BCUT2D eigenvalue weighted by molar-refractivity contribution is 0.0601. The first kappa shape index (κ1) is 25.7. The quantitative estimate of drug-likeness (QED) is 0.400. The Labute approximate surface area is 208 Å². The maximum Gasteiger partial charge on any atom is 0.340 e. The number of rotatable bonds is 9. The summed E-state index contributed by atoms with van der Waals surface area (Å²) >= 11 is 6.08. The molecule has 0 aromatic heterocycles. The molecule has 0 saturated heterocycles. The van der Waals surface area contributed by atoms with Crippen LogP contribution < -0.4 is 24.3 Å². The summed E-state index contributed by atoms with van der Waals surface area (Å²) in [6.07, 6.45) is 0. The van der Waals surface area contributed by atoms with Gasteiger partial charge >= 0.3 is 5.97 Å². The number of hydrogen-bond donors (Lipinski definition) is 1. The van der Waals surface area contributed by atoms with E-state index >= 15 is 0 Å². The van der Waals surface area contributed by atoms with Crippen molar-refractivity contribution in [3.05, 3.63) is 75.8 Å². The highest BCUT2D eigenvalue weighted by atomic mass is 35.5. The maximum atomic E-state index is 13.1. The fourth-order valence-corrected chi connectivity index (χ4v) is 3.47. The van der Waals surface area contributed by atoms with Gasteiger partial charge in [-0.2, -0.15) is 0 Å². The zero-order valence-corrected chi connectivity index (χ0v) is 20.8. The lowest BCUT2D eigenvalue weighted by atomic mass is 10.1. The number of hydrogen-bond acceptors (Lipinski definition) is 7. The van der Waals surface area contributed by atoms with Gasteiger partial charge in [-0.15, -0.1) is 0 Å². The van der Waals surface area contributed by atoms with Gasteiger partial charge in [-0.25, -0.2) is 4.79 Å². The number of amides is 1. The number of halogens is 1. The molecule has 35 heavy (non-hydrogen) atoms. The van der Waals surface area contributed by atoms with E-state index in [1.165, 1.54) is 40.6 Å².